The van der Waals surface area contributed by atoms with Gasteiger partial charge >= 0.3 is 0 Å². The van der Waals surface area contributed by atoms with Crippen LogP contribution < -0.4 is 11.1 Å². The van der Waals surface area contributed by atoms with Crippen LogP contribution in [0.3, 0.4) is 0 Å². The zero-order valence-corrected chi connectivity index (χ0v) is 11.3. The minimum absolute atomic E-state index is 0.229. The Balaban J connectivity index is 2.43. The molecule has 17 heavy (non-hydrogen) atoms. The predicted molar refractivity (Wildman–Crippen MR) is 72.3 cm³/mol. The number of nitrogens with two attached hydrogens (primary N) is 1. The average Bonchev–Trinajstić information content (AvgIpc) is 2.32. The fraction of sp³-hybridized carbons (Fsp3) is 0.636. The summed E-state index contributed by atoms with van der Waals surface area (Å²) in [6.45, 7) is 6.08. The first-order valence-corrected chi connectivity index (χ1v) is 6.14. The van der Waals surface area contributed by atoms with Gasteiger partial charge in [-0.15, -0.1) is 0 Å². The van der Waals surface area contributed by atoms with Gasteiger partial charge in [0, 0.05) is 19.1 Å². The van der Waals surface area contributed by atoms with Gasteiger partial charge in [-0.05, 0) is 20.4 Å². The lowest BCUT2D eigenvalue weighted by atomic mass is 10.2. The highest BCUT2D eigenvalue weighted by molar-refractivity contribution is 6.32. The Labute approximate surface area is 107 Å². The van der Waals surface area contributed by atoms with Crippen LogP contribution in [0.25, 0.3) is 0 Å². The van der Waals surface area contributed by atoms with Gasteiger partial charge in [0.15, 0.2) is 5.82 Å². The molecule has 0 aliphatic rings. The third-order valence-electron chi connectivity index (χ3n) is 2.86. The van der Waals surface area contributed by atoms with E-state index in [0.717, 1.165) is 19.5 Å². The van der Waals surface area contributed by atoms with E-state index in [1.165, 1.54) is 6.20 Å². The van der Waals surface area contributed by atoms with Crippen molar-refractivity contribution >= 4 is 23.4 Å². The quantitative estimate of drug-likeness (QED) is 0.814. The lowest BCUT2D eigenvalue weighted by Crippen LogP contribution is -2.32. The first kappa shape index (κ1) is 14.0. The molecule has 0 aliphatic heterocycles. The fourth-order valence-electron chi connectivity index (χ4n) is 1.39. The Morgan fingerprint density at radius 1 is 1.59 bits per heavy atom. The van der Waals surface area contributed by atoms with Crippen LogP contribution >= 0.6 is 11.6 Å². The molecule has 1 unspecified atom stereocenters. The summed E-state index contributed by atoms with van der Waals surface area (Å²) >= 11 is 5.94. The van der Waals surface area contributed by atoms with Crippen molar-refractivity contribution in [3.8, 4) is 0 Å². The van der Waals surface area contributed by atoms with E-state index in [4.69, 9.17) is 17.3 Å². The average molecular weight is 258 g/mol. The highest BCUT2D eigenvalue weighted by Gasteiger charge is 2.07. The number of nitrogens with zero attached hydrogens (tertiary/aromatic N) is 3. The summed E-state index contributed by atoms with van der Waals surface area (Å²) in [5.74, 6) is 0.823. The number of nitrogen functional groups attached to an aromatic ring is 1. The highest BCUT2D eigenvalue weighted by Crippen LogP contribution is 2.17. The number of hydrogen-bond acceptors (Lipinski definition) is 5. The Morgan fingerprint density at radius 3 is 2.94 bits per heavy atom. The second-order valence-electron chi connectivity index (χ2n) is 4.09. The van der Waals surface area contributed by atoms with E-state index in [0.29, 0.717) is 16.9 Å². The van der Waals surface area contributed by atoms with Gasteiger partial charge < -0.3 is 16.0 Å². The topological polar surface area (TPSA) is 67.1 Å². The third-order valence-corrected chi connectivity index (χ3v) is 3.14. The number of halogens is 1. The van der Waals surface area contributed by atoms with Gasteiger partial charge in [0.05, 0.1) is 6.20 Å². The molecule has 1 aromatic heterocycles. The Hall–Kier alpha value is -1.07. The first-order chi connectivity index (χ1) is 8.04. The maximum Gasteiger partial charge on any atom is 0.222 e. The normalized spacial score (nSPS) is 12.8. The second-order valence-corrected chi connectivity index (χ2v) is 4.50. The number of hydrogen-bond donors (Lipinski definition) is 2. The van der Waals surface area contributed by atoms with Gasteiger partial charge in [-0.1, -0.05) is 18.5 Å². The molecular formula is C11H20ClN5. The van der Waals surface area contributed by atoms with Crippen LogP contribution in [-0.4, -0.2) is 41.0 Å². The van der Waals surface area contributed by atoms with Crippen LogP contribution in [0.2, 0.25) is 5.02 Å². The highest BCUT2D eigenvalue weighted by atomic mass is 35.5. The van der Waals surface area contributed by atoms with Crippen molar-refractivity contribution in [2.45, 2.75) is 26.3 Å². The number of nitrogens with one attached hydrogen (secondary N) is 1. The van der Waals surface area contributed by atoms with E-state index < -0.39 is 0 Å². The van der Waals surface area contributed by atoms with Gasteiger partial charge in [0.2, 0.25) is 5.95 Å². The zero-order chi connectivity index (χ0) is 12.8. The van der Waals surface area contributed by atoms with E-state index in [-0.39, 0.29) is 5.95 Å². The van der Waals surface area contributed by atoms with Gasteiger partial charge in [-0.2, -0.15) is 4.98 Å². The van der Waals surface area contributed by atoms with E-state index in [1.807, 2.05) is 0 Å². The first-order valence-electron chi connectivity index (χ1n) is 5.76. The molecule has 0 aliphatic carbocycles. The van der Waals surface area contributed by atoms with Crippen molar-refractivity contribution < 1.29 is 0 Å². The molecule has 0 saturated heterocycles. The molecule has 1 aromatic rings. The lowest BCUT2D eigenvalue weighted by Gasteiger charge is -2.23. The number of aromatic nitrogens is 2. The minimum Gasteiger partial charge on any atom is -0.368 e. The molecule has 0 saturated carbocycles. The molecule has 0 bridgehead atoms. The van der Waals surface area contributed by atoms with Crippen molar-refractivity contribution in [3.63, 3.8) is 0 Å². The summed E-state index contributed by atoms with van der Waals surface area (Å²) in [5.41, 5.74) is 5.50. The maximum absolute atomic E-state index is 5.94. The molecule has 3 N–H and O–H groups in total. The van der Waals surface area contributed by atoms with E-state index in [9.17, 15) is 0 Å². The monoisotopic (exact) mass is 257 g/mol. The van der Waals surface area contributed by atoms with E-state index >= 15 is 0 Å². The standard InChI is InChI=1S/C11H20ClN5/c1-4-8(2)17(3)6-5-14-10-9(12)7-15-11(13)16-10/h7-8H,4-6H2,1-3H3,(H3,13,14,15,16). The van der Waals surface area contributed by atoms with Gasteiger partial charge in [-0.3, -0.25) is 0 Å². The van der Waals surface area contributed by atoms with Crippen molar-refractivity contribution in [2.75, 3.05) is 31.2 Å². The summed E-state index contributed by atoms with van der Waals surface area (Å²) in [6, 6.07) is 0.572. The van der Waals surface area contributed by atoms with Crippen LogP contribution in [-0.2, 0) is 0 Å². The zero-order valence-electron chi connectivity index (χ0n) is 10.6. The van der Waals surface area contributed by atoms with Crippen LogP contribution in [0.15, 0.2) is 6.20 Å². The fourth-order valence-corrected chi connectivity index (χ4v) is 1.55. The maximum atomic E-state index is 5.94. The number of anilines is 2. The summed E-state index contributed by atoms with van der Waals surface area (Å²) in [6.07, 6.45) is 2.64. The molecule has 0 spiro atoms. The van der Waals surface area contributed by atoms with Crippen molar-refractivity contribution in [1.29, 1.82) is 0 Å². The summed E-state index contributed by atoms with van der Waals surface area (Å²) in [4.78, 5) is 10.1. The van der Waals surface area contributed by atoms with Gasteiger partial charge in [-0.25, -0.2) is 4.98 Å². The van der Waals surface area contributed by atoms with Crippen LogP contribution in [0.1, 0.15) is 20.3 Å². The van der Waals surface area contributed by atoms with Crippen molar-refractivity contribution in [1.82, 2.24) is 14.9 Å². The number of rotatable bonds is 6. The molecule has 5 nitrogen and oxygen atoms in total. The van der Waals surface area contributed by atoms with Crippen LogP contribution in [0, 0.1) is 0 Å². The molecule has 1 atom stereocenters. The molecule has 6 heteroatoms. The van der Waals surface area contributed by atoms with Gasteiger partial charge in [0.25, 0.3) is 0 Å². The largest absolute Gasteiger partial charge is 0.368 e. The second kappa shape index (κ2) is 6.61. The SMILES string of the molecule is CCC(C)N(C)CCNc1nc(N)ncc1Cl. The molecule has 1 heterocycles. The molecule has 0 fully saturated rings. The smallest absolute Gasteiger partial charge is 0.222 e. The molecular weight excluding hydrogens is 238 g/mol. The summed E-state index contributed by atoms with van der Waals surface area (Å²) in [5, 5.41) is 3.65. The predicted octanol–water partition coefficient (Wildman–Crippen LogP) is 1.85. The third kappa shape index (κ3) is 4.36. The molecule has 96 valence electrons. The lowest BCUT2D eigenvalue weighted by molar-refractivity contribution is 0.261. The van der Waals surface area contributed by atoms with Crippen molar-refractivity contribution in [2.24, 2.45) is 0 Å². The molecule has 0 aromatic carbocycles. The number of likely N-dealkylation sites (N-methyl/N-ethyl adjacent to an activating group) is 1. The molecule has 0 amide bonds. The van der Waals surface area contributed by atoms with Crippen LogP contribution in [0.5, 0.6) is 0 Å². The van der Waals surface area contributed by atoms with Crippen LogP contribution in [0.4, 0.5) is 11.8 Å². The Kier molecular flexibility index (Phi) is 5.44. The molecule has 0 radical (unpaired) electrons. The summed E-state index contributed by atoms with van der Waals surface area (Å²) in [7, 11) is 2.10. The minimum atomic E-state index is 0.229. The van der Waals surface area contributed by atoms with Crippen molar-refractivity contribution in [3.05, 3.63) is 11.2 Å². The van der Waals surface area contributed by atoms with E-state index in [2.05, 4.69) is 41.1 Å². The Bertz CT molecular complexity index is 358. The Morgan fingerprint density at radius 2 is 2.29 bits per heavy atom. The van der Waals surface area contributed by atoms with E-state index in [1.54, 1.807) is 0 Å². The van der Waals surface area contributed by atoms with Gasteiger partial charge in [0.1, 0.15) is 5.02 Å². The molecule has 1 rings (SSSR count). The summed E-state index contributed by atoms with van der Waals surface area (Å²) < 4.78 is 0.